The molecule has 12 nitrogen and oxygen atoms in total. The van der Waals surface area contributed by atoms with Crippen LogP contribution in [0.15, 0.2) is 53.5 Å². The van der Waals surface area contributed by atoms with Crippen molar-refractivity contribution in [2.45, 2.75) is 135 Å². The number of carbonyl (C=O) groups is 3. The molecule has 336 valence electrons. The quantitative estimate of drug-likeness (QED) is 0.0750. The Kier molecular flexibility index (Phi) is 16.3. The lowest BCUT2D eigenvalue weighted by Gasteiger charge is -2.43. The number of rotatable bonds is 19. The number of ether oxygens (including phenoxy) is 1. The van der Waals surface area contributed by atoms with Crippen LogP contribution in [0.3, 0.4) is 0 Å². The molecule has 0 saturated carbocycles. The lowest BCUT2D eigenvalue weighted by atomic mass is 9.88. The van der Waals surface area contributed by atoms with Gasteiger partial charge in [0.1, 0.15) is 0 Å². The van der Waals surface area contributed by atoms with Crippen molar-refractivity contribution in [1.29, 1.82) is 0 Å². The van der Waals surface area contributed by atoms with E-state index in [2.05, 4.69) is 53.0 Å². The fourth-order valence-corrected chi connectivity index (χ4v) is 10.2. The Morgan fingerprint density at radius 1 is 0.806 bits per heavy atom. The molecule has 12 heteroatoms. The molecule has 4 aromatic rings. The number of aromatic nitrogens is 3. The normalized spacial score (nSPS) is 17.9. The summed E-state index contributed by atoms with van der Waals surface area (Å²) in [5.41, 5.74) is 4.39. The van der Waals surface area contributed by atoms with E-state index in [1.807, 2.05) is 46.3 Å². The molecule has 7 rings (SSSR count). The highest BCUT2D eigenvalue weighted by Gasteiger charge is 2.34. The molecule has 0 bridgehead atoms. The third-order valence-corrected chi connectivity index (χ3v) is 14.0. The van der Waals surface area contributed by atoms with E-state index in [1.165, 1.54) is 51.4 Å². The molecule has 0 unspecified atom stereocenters. The zero-order chi connectivity index (χ0) is 43.4. The molecule has 3 aliphatic rings. The minimum Gasteiger partial charge on any atom is -0.444 e. The monoisotopic (exact) mass is 850 g/mol. The minimum atomic E-state index is -0.477. The number of nitrogens with one attached hydrogen (secondary N) is 1. The molecule has 62 heavy (non-hydrogen) atoms. The average molecular weight is 850 g/mol. The molecule has 0 radical (unpaired) electrons. The molecule has 1 atom stereocenters. The molecule has 5 heterocycles. The Hall–Kier alpha value is -4.55. The van der Waals surface area contributed by atoms with Crippen molar-refractivity contribution in [3.05, 3.63) is 75.7 Å². The Morgan fingerprint density at radius 3 is 2.23 bits per heavy atom. The largest absolute Gasteiger partial charge is 0.444 e. The Bertz CT molecular complexity index is 2160. The molecule has 3 fully saturated rings. The number of hydrogen-bond donors (Lipinski definition) is 1. The summed E-state index contributed by atoms with van der Waals surface area (Å²) in [4.78, 5) is 64.4. The lowest BCUT2D eigenvalue weighted by molar-refractivity contribution is -0.147. The lowest BCUT2D eigenvalue weighted by Crippen LogP contribution is -2.55. The van der Waals surface area contributed by atoms with Gasteiger partial charge in [0.25, 0.3) is 5.56 Å². The predicted octanol–water partition coefficient (Wildman–Crippen LogP) is 7.80. The fourth-order valence-electron chi connectivity index (χ4n) is 10.2. The van der Waals surface area contributed by atoms with Crippen LogP contribution in [0.5, 0.6) is 0 Å². The maximum atomic E-state index is 14.4. The predicted molar refractivity (Wildman–Crippen MR) is 246 cm³/mol. The molecule has 1 N–H and O–H groups in total. The first kappa shape index (κ1) is 45.5. The molecule has 3 saturated heterocycles. The second-order valence-electron chi connectivity index (χ2n) is 18.5. The summed E-state index contributed by atoms with van der Waals surface area (Å²) >= 11 is 0. The van der Waals surface area contributed by atoms with Crippen LogP contribution in [-0.2, 0) is 32.3 Å². The van der Waals surface area contributed by atoms with Gasteiger partial charge in [0, 0.05) is 69.1 Å². The van der Waals surface area contributed by atoms with Crippen molar-refractivity contribution < 1.29 is 19.1 Å². The third kappa shape index (κ3) is 11.7. The van der Waals surface area contributed by atoms with E-state index in [-0.39, 0.29) is 42.4 Å². The average Bonchev–Trinajstić information content (AvgIpc) is 3.77. The Balaban J connectivity index is 0.962. The highest BCUT2D eigenvalue weighted by atomic mass is 16.5. The van der Waals surface area contributed by atoms with Gasteiger partial charge in [0.15, 0.2) is 6.73 Å². The SMILES string of the molecule is CCCCCCCCCCCC(=O)OCn1c(=O)c(C2CCN(C(=O)C[C@H](Cc3cc(C)c4[nH]ncc4c3)C(=O)N3CCN(C4CCN(C)CC4)CC3)CC2)cc2ccccc21. The summed E-state index contributed by atoms with van der Waals surface area (Å²) in [7, 11) is 2.19. The van der Waals surface area contributed by atoms with E-state index in [9.17, 15) is 19.2 Å². The maximum absolute atomic E-state index is 14.4. The van der Waals surface area contributed by atoms with Gasteiger partial charge in [-0.25, -0.2) is 0 Å². The smallest absolute Gasteiger partial charge is 0.307 e. The van der Waals surface area contributed by atoms with Crippen LogP contribution in [-0.4, -0.2) is 118 Å². The van der Waals surface area contributed by atoms with E-state index < -0.39 is 5.92 Å². The molecular formula is C50H71N7O5. The van der Waals surface area contributed by atoms with Gasteiger partial charge in [-0.1, -0.05) is 82.6 Å². The number of H-pyrrole nitrogens is 1. The number of piperidine rings is 2. The van der Waals surface area contributed by atoms with E-state index in [0.717, 1.165) is 78.4 Å². The number of likely N-dealkylation sites (tertiary alicyclic amines) is 2. The molecule has 2 aromatic carbocycles. The Labute approximate surface area is 368 Å². The van der Waals surface area contributed by atoms with Gasteiger partial charge in [-0.05, 0) is 106 Å². The van der Waals surface area contributed by atoms with Crippen LogP contribution in [0, 0.1) is 12.8 Å². The molecule has 0 spiro atoms. The van der Waals surface area contributed by atoms with Crippen LogP contribution >= 0.6 is 0 Å². The molecule has 0 aliphatic carbocycles. The number of unbranched alkanes of at least 4 members (excludes halogenated alkanes) is 8. The number of pyridine rings is 1. The number of esters is 1. The van der Waals surface area contributed by atoms with Crippen LogP contribution in [0.2, 0.25) is 0 Å². The van der Waals surface area contributed by atoms with Gasteiger partial charge >= 0.3 is 5.97 Å². The van der Waals surface area contributed by atoms with Gasteiger partial charge in [0.2, 0.25) is 11.8 Å². The number of benzene rings is 2. The molecule has 2 aromatic heterocycles. The van der Waals surface area contributed by atoms with Crippen LogP contribution in [0.25, 0.3) is 21.8 Å². The standard InChI is InChI=1S/C50H71N7O5/c1-4-5-6-7-8-9-10-11-12-17-47(59)62-36-57-45-16-14-13-15-40(45)33-44(50(57)61)39-18-24-55(25-19-39)46(58)34-41(31-38-30-37(2)48-42(32-38)35-51-52-48)49(60)56-28-26-54(27-29-56)43-20-22-53(3)23-21-43/h13-16,30,32-33,35,39,41,43H,4-12,17-29,31,34,36H2,1-3H3,(H,51,52)/t41-/m0/s1. The van der Waals surface area contributed by atoms with E-state index in [4.69, 9.17) is 4.74 Å². The summed E-state index contributed by atoms with van der Waals surface area (Å²) in [6.45, 7) is 10.5. The van der Waals surface area contributed by atoms with Gasteiger partial charge in [-0.2, -0.15) is 5.10 Å². The van der Waals surface area contributed by atoms with Crippen molar-refractivity contribution >= 4 is 39.6 Å². The zero-order valence-corrected chi connectivity index (χ0v) is 37.8. The minimum absolute atomic E-state index is 0.0114. The summed E-state index contributed by atoms with van der Waals surface area (Å²) < 4.78 is 7.31. The number of carbonyl (C=O) groups excluding carboxylic acids is 3. The van der Waals surface area contributed by atoms with E-state index in [0.29, 0.717) is 63.5 Å². The van der Waals surface area contributed by atoms with Crippen LogP contribution in [0.1, 0.15) is 126 Å². The first-order valence-corrected chi connectivity index (χ1v) is 23.9. The number of piperazine rings is 1. The van der Waals surface area contributed by atoms with Crippen molar-refractivity contribution in [2.75, 3.05) is 59.4 Å². The summed E-state index contributed by atoms with van der Waals surface area (Å²) in [6, 6.07) is 14.5. The summed E-state index contributed by atoms with van der Waals surface area (Å²) in [5.74, 6) is -0.739. The number of fused-ring (bicyclic) bond motifs is 2. The molecule has 2 amide bonds. The van der Waals surface area contributed by atoms with E-state index in [1.54, 1.807) is 4.57 Å². The second kappa shape index (κ2) is 22.2. The highest BCUT2D eigenvalue weighted by molar-refractivity contribution is 5.87. The maximum Gasteiger partial charge on any atom is 0.307 e. The topological polar surface area (TPSA) is 124 Å². The second-order valence-corrected chi connectivity index (χ2v) is 18.5. The number of para-hydroxylation sites is 1. The number of amides is 2. The number of aryl methyl sites for hydroxylation is 1. The first-order chi connectivity index (χ1) is 30.2. The zero-order valence-electron chi connectivity index (χ0n) is 37.8. The van der Waals surface area contributed by atoms with Crippen LogP contribution in [0.4, 0.5) is 0 Å². The molecular weight excluding hydrogens is 779 g/mol. The van der Waals surface area contributed by atoms with Gasteiger partial charge < -0.3 is 19.4 Å². The fraction of sp³-hybridized carbons (Fsp3) is 0.620. The van der Waals surface area contributed by atoms with Gasteiger partial charge in [-0.15, -0.1) is 0 Å². The number of hydrogen-bond acceptors (Lipinski definition) is 8. The highest BCUT2D eigenvalue weighted by Crippen LogP contribution is 2.30. The van der Waals surface area contributed by atoms with Gasteiger partial charge in [0.05, 0.1) is 23.1 Å². The van der Waals surface area contributed by atoms with Crippen molar-refractivity contribution in [2.24, 2.45) is 5.92 Å². The number of aromatic amines is 1. The Morgan fingerprint density at radius 2 is 1.50 bits per heavy atom. The third-order valence-electron chi connectivity index (χ3n) is 14.0. The van der Waals surface area contributed by atoms with Crippen LogP contribution < -0.4 is 5.56 Å². The molecule has 3 aliphatic heterocycles. The van der Waals surface area contributed by atoms with E-state index >= 15 is 0 Å². The summed E-state index contributed by atoms with van der Waals surface area (Å²) in [6.07, 6.45) is 17.0. The van der Waals surface area contributed by atoms with Crippen molar-refractivity contribution in [3.8, 4) is 0 Å². The van der Waals surface area contributed by atoms with Crippen molar-refractivity contribution in [1.82, 2.24) is 34.4 Å². The summed E-state index contributed by atoms with van der Waals surface area (Å²) in [5, 5.41) is 9.24. The van der Waals surface area contributed by atoms with Gasteiger partial charge in [-0.3, -0.25) is 33.7 Å². The number of nitrogens with zero attached hydrogens (tertiary/aromatic N) is 6. The van der Waals surface area contributed by atoms with Crippen molar-refractivity contribution in [3.63, 3.8) is 0 Å². The first-order valence-electron chi connectivity index (χ1n) is 23.9.